The van der Waals surface area contributed by atoms with Crippen molar-refractivity contribution in [3.63, 3.8) is 0 Å². The topological polar surface area (TPSA) is 86.7 Å². The molecule has 6 nitrogen and oxygen atoms in total. The molecule has 1 aromatic carbocycles. The van der Waals surface area contributed by atoms with Gasteiger partial charge in [0.15, 0.2) is 5.82 Å². The lowest BCUT2D eigenvalue weighted by Crippen LogP contribution is -2.13. The van der Waals surface area contributed by atoms with E-state index in [1.807, 2.05) is 19.9 Å². The summed E-state index contributed by atoms with van der Waals surface area (Å²) in [6, 6.07) is 10.3. The maximum absolute atomic E-state index is 14.6. The van der Waals surface area contributed by atoms with E-state index in [4.69, 9.17) is 5.73 Å². The molecule has 0 fully saturated rings. The number of carbonyl (C=O) groups excluding carboxylic acids is 1. The van der Waals surface area contributed by atoms with Crippen LogP contribution in [0.2, 0.25) is 0 Å². The fraction of sp³-hybridized carbons (Fsp3) is 0.143. The van der Waals surface area contributed by atoms with Crippen molar-refractivity contribution in [2.75, 3.05) is 0 Å². The van der Waals surface area contributed by atoms with E-state index in [-0.39, 0.29) is 11.4 Å². The molecule has 7 heteroatoms. The van der Waals surface area contributed by atoms with E-state index in [0.717, 1.165) is 5.56 Å². The fourth-order valence-corrected chi connectivity index (χ4v) is 3.37. The number of aromatic nitrogens is 4. The molecule has 0 atom stereocenters. The Balaban J connectivity index is 2.20. The Morgan fingerprint density at radius 1 is 1.25 bits per heavy atom. The summed E-state index contributed by atoms with van der Waals surface area (Å²) in [6.07, 6.45) is 3.78. The number of aryl methyl sites for hydroxylation is 2. The number of hydrogen-bond donors (Lipinski definition) is 1. The van der Waals surface area contributed by atoms with E-state index in [0.29, 0.717) is 40.1 Å². The molecule has 0 saturated carbocycles. The summed E-state index contributed by atoms with van der Waals surface area (Å²) < 4.78 is 16.3. The van der Waals surface area contributed by atoms with E-state index in [9.17, 15) is 9.18 Å². The van der Waals surface area contributed by atoms with Gasteiger partial charge in [-0.3, -0.25) is 14.3 Å². The number of benzene rings is 1. The molecule has 0 bridgehead atoms. The summed E-state index contributed by atoms with van der Waals surface area (Å²) in [7, 11) is 0. The highest BCUT2D eigenvalue weighted by atomic mass is 19.1. The summed E-state index contributed by atoms with van der Waals surface area (Å²) in [5.41, 5.74) is 9.08. The first-order chi connectivity index (χ1) is 13.5. The third-order valence-electron chi connectivity index (χ3n) is 4.70. The zero-order valence-corrected chi connectivity index (χ0v) is 15.5. The molecular formula is C21H18FN5O. The van der Waals surface area contributed by atoms with Crippen LogP contribution < -0.4 is 5.73 Å². The van der Waals surface area contributed by atoms with E-state index < -0.39 is 5.91 Å². The molecule has 28 heavy (non-hydrogen) atoms. The van der Waals surface area contributed by atoms with E-state index in [1.54, 1.807) is 41.2 Å². The van der Waals surface area contributed by atoms with Crippen molar-refractivity contribution < 1.29 is 9.18 Å². The number of pyridine rings is 1. The minimum Gasteiger partial charge on any atom is -0.366 e. The molecule has 0 spiro atoms. The number of nitrogens with two attached hydrogens (primary N) is 1. The first-order valence-electron chi connectivity index (χ1n) is 8.89. The van der Waals surface area contributed by atoms with Crippen LogP contribution in [0.1, 0.15) is 28.4 Å². The van der Waals surface area contributed by atoms with Crippen LogP contribution in [0.4, 0.5) is 4.39 Å². The number of fused-ring (bicyclic) bond motifs is 1. The van der Waals surface area contributed by atoms with Crippen molar-refractivity contribution in [3.05, 3.63) is 71.3 Å². The average Bonchev–Trinajstić information content (AvgIpc) is 3.02. The van der Waals surface area contributed by atoms with Gasteiger partial charge in [0.05, 0.1) is 22.5 Å². The maximum Gasteiger partial charge on any atom is 0.251 e. The SMILES string of the molecule is CCc1cc2c(cc1F)c(C(N)=O)c(-c1ccc(C)cn1)n2-c1cccnn1. The van der Waals surface area contributed by atoms with Gasteiger partial charge in [-0.15, -0.1) is 5.10 Å². The molecule has 3 heterocycles. The molecule has 0 aliphatic carbocycles. The largest absolute Gasteiger partial charge is 0.366 e. The van der Waals surface area contributed by atoms with Crippen LogP contribution >= 0.6 is 0 Å². The second-order valence-corrected chi connectivity index (χ2v) is 6.54. The number of hydrogen-bond acceptors (Lipinski definition) is 4. The Morgan fingerprint density at radius 3 is 2.68 bits per heavy atom. The third kappa shape index (κ3) is 2.81. The van der Waals surface area contributed by atoms with Gasteiger partial charge in [0.2, 0.25) is 0 Å². The summed E-state index contributed by atoms with van der Waals surface area (Å²) in [5.74, 6) is -0.545. The number of amides is 1. The number of halogens is 1. The van der Waals surface area contributed by atoms with Crippen LogP contribution in [0.25, 0.3) is 28.1 Å². The Morgan fingerprint density at radius 2 is 2.07 bits per heavy atom. The standard InChI is InChI=1S/C21H18FN5O/c1-3-13-9-17-14(10-15(13)22)19(21(23)28)20(16-7-6-12(2)11-24-16)27(17)18-5-4-8-25-26-18/h4-11H,3H2,1-2H3,(H2,23,28). The van der Waals surface area contributed by atoms with Crippen LogP contribution in [-0.2, 0) is 6.42 Å². The number of rotatable bonds is 4. The molecule has 0 unspecified atom stereocenters. The number of nitrogens with zero attached hydrogens (tertiary/aromatic N) is 4. The minimum absolute atomic E-state index is 0.207. The van der Waals surface area contributed by atoms with Crippen molar-refractivity contribution in [2.45, 2.75) is 20.3 Å². The molecule has 3 aromatic heterocycles. The zero-order valence-electron chi connectivity index (χ0n) is 15.5. The predicted molar refractivity (Wildman–Crippen MR) is 105 cm³/mol. The molecule has 4 aromatic rings. The van der Waals surface area contributed by atoms with Gasteiger partial charge >= 0.3 is 0 Å². The fourth-order valence-electron chi connectivity index (χ4n) is 3.37. The number of carbonyl (C=O) groups is 1. The number of primary amides is 1. The van der Waals surface area contributed by atoms with Gasteiger partial charge in [-0.05, 0) is 54.8 Å². The summed E-state index contributed by atoms with van der Waals surface area (Å²) in [4.78, 5) is 16.9. The highest BCUT2D eigenvalue weighted by Crippen LogP contribution is 2.36. The predicted octanol–water partition coefficient (Wildman–Crippen LogP) is 3.59. The Hall–Kier alpha value is -3.61. The lowest BCUT2D eigenvalue weighted by molar-refractivity contribution is 0.100. The molecule has 0 saturated heterocycles. The van der Waals surface area contributed by atoms with Crippen LogP contribution in [-0.4, -0.2) is 25.7 Å². The summed E-state index contributed by atoms with van der Waals surface area (Å²) in [6.45, 7) is 3.80. The van der Waals surface area contributed by atoms with Crippen molar-refractivity contribution in [3.8, 4) is 17.2 Å². The van der Waals surface area contributed by atoms with Gasteiger partial charge in [0.25, 0.3) is 5.91 Å². The quantitative estimate of drug-likeness (QED) is 0.590. The molecule has 2 N–H and O–H groups in total. The second-order valence-electron chi connectivity index (χ2n) is 6.54. The van der Waals surface area contributed by atoms with Gasteiger partial charge < -0.3 is 5.73 Å². The van der Waals surface area contributed by atoms with Crippen LogP contribution in [0, 0.1) is 12.7 Å². The van der Waals surface area contributed by atoms with Gasteiger partial charge in [-0.25, -0.2) is 4.39 Å². The zero-order chi connectivity index (χ0) is 19.8. The molecule has 0 aliphatic heterocycles. The molecule has 140 valence electrons. The Labute approximate surface area is 160 Å². The van der Waals surface area contributed by atoms with Crippen molar-refractivity contribution >= 4 is 16.8 Å². The van der Waals surface area contributed by atoms with Gasteiger partial charge in [-0.2, -0.15) is 5.10 Å². The van der Waals surface area contributed by atoms with E-state index in [1.165, 1.54) is 6.07 Å². The molecule has 4 rings (SSSR count). The van der Waals surface area contributed by atoms with Crippen molar-refractivity contribution in [1.29, 1.82) is 0 Å². The highest BCUT2D eigenvalue weighted by molar-refractivity contribution is 6.12. The van der Waals surface area contributed by atoms with Crippen LogP contribution in [0.5, 0.6) is 0 Å². The molecular weight excluding hydrogens is 357 g/mol. The van der Waals surface area contributed by atoms with E-state index >= 15 is 0 Å². The summed E-state index contributed by atoms with van der Waals surface area (Å²) in [5, 5.41) is 8.56. The second kappa shape index (κ2) is 6.84. The maximum atomic E-state index is 14.6. The van der Waals surface area contributed by atoms with Gasteiger partial charge in [0.1, 0.15) is 5.82 Å². The molecule has 0 aliphatic rings. The minimum atomic E-state index is -0.659. The Bertz CT molecular complexity index is 1180. The normalized spacial score (nSPS) is 11.1. The lowest BCUT2D eigenvalue weighted by Gasteiger charge is -2.10. The first-order valence-corrected chi connectivity index (χ1v) is 8.89. The monoisotopic (exact) mass is 375 g/mol. The van der Waals surface area contributed by atoms with Crippen molar-refractivity contribution in [2.24, 2.45) is 5.73 Å². The molecule has 0 radical (unpaired) electrons. The van der Waals surface area contributed by atoms with Crippen molar-refractivity contribution in [1.82, 2.24) is 19.7 Å². The smallest absolute Gasteiger partial charge is 0.251 e. The van der Waals surface area contributed by atoms with Crippen LogP contribution in [0.15, 0.2) is 48.8 Å². The average molecular weight is 375 g/mol. The Kier molecular flexibility index (Phi) is 4.35. The van der Waals surface area contributed by atoms with Gasteiger partial charge in [0, 0.05) is 17.8 Å². The van der Waals surface area contributed by atoms with Gasteiger partial charge in [-0.1, -0.05) is 13.0 Å². The molecule has 1 amide bonds. The highest BCUT2D eigenvalue weighted by Gasteiger charge is 2.26. The lowest BCUT2D eigenvalue weighted by atomic mass is 10.0. The van der Waals surface area contributed by atoms with E-state index in [2.05, 4.69) is 15.2 Å². The first kappa shape index (κ1) is 17.8. The summed E-state index contributed by atoms with van der Waals surface area (Å²) >= 11 is 0. The van der Waals surface area contributed by atoms with Crippen LogP contribution in [0.3, 0.4) is 0 Å². The third-order valence-corrected chi connectivity index (χ3v) is 4.70.